The van der Waals surface area contributed by atoms with E-state index in [2.05, 4.69) is 0 Å². The minimum absolute atomic E-state index is 0.0374. The molecule has 0 aliphatic carbocycles. The Bertz CT molecular complexity index is 890. The average Bonchev–Trinajstić information content (AvgIpc) is 3.03. The molecular weight excluding hydrogens is 324 g/mol. The zero-order valence-corrected chi connectivity index (χ0v) is 13.8. The zero-order valence-electron chi connectivity index (χ0n) is 13.0. The fourth-order valence-corrected chi connectivity index (χ4v) is 3.29. The molecule has 0 saturated heterocycles. The largest absolute Gasteiger partial charge is 0.474 e. The highest BCUT2D eigenvalue weighted by Crippen LogP contribution is 2.31. The predicted molar refractivity (Wildman–Crippen MR) is 94.7 cm³/mol. The second-order valence-corrected chi connectivity index (χ2v) is 6.24. The molecule has 0 fully saturated rings. The van der Waals surface area contributed by atoms with Gasteiger partial charge in [-0.3, -0.25) is 5.41 Å². The van der Waals surface area contributed by atoms with Crippen LogP contribution >= 0.6 is 11.3 Å². The minimum atomic E-state index is -0.833. The van der Waals surface area contributed by atoms with Crippen LogP contribution in [0.15, 0.2) is 54.6 Å². The first-order valence-electron chi connectivity index (χ1n) is 7.26. The monoisotopic (exact) mass is 340 g/mol. The Hall–Kier alpha value is -2.86. The van der Waals surface area contributed by atoms with Crippen LogP contribution in [0.4, 0.5) is 0 Å². The van der Waals surface area contributed by atoms with Crippen LogP contribution in [0.25, 0.3) is 10.1 Å². The number of thiophene rings is 1. The van der Waals surface area contributed by atoms with Crippen molar-refractivity contribution in [3.63, 3.8) is 0 Å². The first-order valence-corrected chi connectivity index (χ1v) is 8.07. The quantitative estimate of drug-likeness (QED) is 0.423. The van der Waals surface area contributed by atoms with E-state index < -0.39 is 12.1 Å². The molecule has 1 heterocycles. The number of benzene rings is 2. The molecule has 6 heteroatoms. The molecule has 0 radical (unpaired) electrons. The van der Waals surface area contributed by atoms with E-state index in [1.165, 1.54) is 18.4 Å². The third kappa shape index (κ3) is 3.23. The molecule has 1 atom stereocenters. The molecule has 0 amide bonds. The Balaban J connectivity index is 1.93. The van der Waals surface area contributed by atoms with Crippen molar-refractivity contribution >= 4 is 33.2 Å². The number of fused-ring (bicyclic) bond motifs is 1. The number of nitrogens with one attached hydrogen (secondary N) is 1. The SMILES string of the molecule is COC(=O)C(Oc1ccc2cc(C(=N)N)sc2c1)c1ccccc1. The normalized spacial score (nSPS) is 11.9. The number of carbonyl (C=O) groups excluding carboxylic acids is 1. The van der Waals surface area contributed by atoms with Gasteiger partial charge in [-0.05, 0) is 29.7 Å². The lowest BCUT2D eigenvalue weighted by molar-refractivity contribution is -0.149. The van der Waals surface area contributed by atoms with Crippen molar-refractivity contribution in [2.45, 2.75) is 6.10 Å². The number of amidine groups is 1. The van der Waals surface area contributed by atoms with Gasteiger partial charge in [-0.1, -0.05) is 30.3 Å². The fourth-order valence-electron chi connectivity index (χ4n) is 2.34. The van der Waals surface area contributed by atoms with Gasteiger partial charge >= 0.3 is 5.97 Å². The first kappa shape index (κ1) is 16.0. The molecule has 0 saturated carbocycles. The molecule has 24 heavy (non-hydrogen) atoms. The number of hydrogen-bond donors (Lipinski definition) is 2. The van der Waals surface area contributed by atoms with Crippen LogP contribution in [0, 0.1) is 5.41 Å². The smallest absolute Gasteiger partial charge is 0.351 e. The van der Waals surface area contributed by atoms with Gasteiger partial charge < -0.3 is 15.2 Å². The average molecular weight is 340 g/mol. The number of esters is 1. The van der Waals surface area contributed by atoms with Crippen LogP contribution in [-0.4, -0.2) is 18.9 Å². The Morgan fingerprint density at radius 1 is 1.17 bits per heavy atom. The van der Waals surface area contributed by atoms with E-state index in [9.17, 15) is 4.79 Å². The van der Waals surface area contributed by atoms with Crippen LogP contribution in [0.2, 0.25) is 0 Å². The molecule has 0 aliphatic rings. The van der Waals surface area contributed by atoms with Gasteiger partial charge in [0.15, 0.2) is 0 Å². The van der Waals surface area contributed by atoms with Gasteiger partial charge in [0.25, 0.3) is 0 Å². The number of hydrogen-bond acceptors (Lipinski definition) is 5. The molecule has 2 aromatic carbocycles. The van der Waals surface area contributed by atoms with Gasteiger partial charge in [-0.25, -0.2) is 4.79 Å². The molecule has 3 N–H and O–H groups in total. The molecule has 3 aromatic rings. The second kappa shape index (κ2) is 6.72. The Labute approximate surface area is 143 Å². The summed E-state index contributed by atoms with van der Waals surface area (Å²) in [7, 11) is 1.34. The summed E-state index contributed by atoms with van der Waals surface area (Å²) in [6.45, 7) is 0. The van der Waals surface area contributed by atoms with Crippen molar-refractivity contribution in [1.29, 1.82) is 5.41 Å². The molecule has 0 spiro atoms. The molecule has 0 aliphatic heterocycles. The summed E-state index contributed by atoms with van der Waals surface area (Å²) in [5.41, 5.74) is 6.25. The maximum absolute atomic E-state index is 12.1. The Kier molecular flexibility index (Phi) is 4.48. The van der Waals surface area contributed by atoms with E-state index in [-0.39, 0.29) is 5.84 Å². The summed E-state index contributed by atoms with van der Waals surface area (Å²) in [6.07, 6.45) is -0.833. The molecule has 5 nitrogen and oxygen atoms in total. The van der Waals surface area contributed by atoms with Crippen molar-refractivity contribution in [2.75, 3.05) is 7.11 Å². The van der Waals surface area contributed by atoms with Gasteiger partial charge in [-0.15, -0.1) is 11.3 Å². The van der Waals surface area contributed by atoms with E-state index in [1.54, 1.807) is 6.07 Å². The topological polar surface area (TPSA) is 85.4 Å². The first-order chi connectivity index (χ1) is 11.6. The summed E-state index contributed by atoms with van der Waals surface area (Å²) in [5.74, 6) is 0.131. The van der Waals surface area contributed by atoms with Gasteiger partial charge in [0.2, 0.25) is 6.10 Å². The van der Waals surface area contributed by atoms with Crippen LogP contribution < -0.4 is 10.5 Å². The molecular formula is C18H16N2O3S. The highest BCUT2D eigenvalue weighted by Gasteiger charge is 2.23. The van der Waals surface area contributed by atoms with Gasteiger partial charge in [0.1, 0.15) is 11.6 Å². The molecule has 1 aromatic heterocycles. The fraction of sp³-hybridized carbons (Fsp3) is 0.111. The lowest BCUT2D eigenvalue weighted by atomic mass is 10.1. The lowest BCUT2D eigenvalue weighted by Gasteiger charge is -2.17. The summed E-state index contributed by atoms with van der Waals surface area (Å²) in [6, 6.07) is 16.6. The van der Waals surface area contributed by atoms with E-state index >= 15 is 0 Å². The second-order valence-electron chi connectivity index (χ2n) is 5.16. The van der Waals surface area contributed by atoms with Crippen molar-refractivity contribution in [2.24, 2.45) is 5.73 Å². The van der Waals surface area contributed by atoms with E-state index in [4.69, 9.17) is 20.6 Å². The van der Waals surface area contributed by atoms with Crippen LogP contribution in [-0.2, 0) is 9.53 Å². The van der Waals surface area contributed by atoms with Crippen LogP contribution in [0.1, 0.15) is 16.5 Å². The molecule has 1 unspecified atom stereocenters. The predicted octanol–water partition coefficient (Wildman–Crippen LogP) is 3.48. The summed E-state index contributed by atoms with van der Waals surface area (Å²) in [5, 5.41) is 8.50. The van der Waals surface area contributed by atoms with Crippen molar-refractivity contribution < 1.29 is 14.3 Å². The Morgan fingerprint density at radius 2 is 1.92 bits per heavy atom. The van der Waals surface area contributed by atoms with Gasteiger partial charge in [0, 0.05) is 10.3 Å². The van der Waals surface area contributed by atoms with Gasteiger partial charge in [-0.2, -0.15) is 0 Å². The number of nitrogen functional groups attached to an aromatic ring is 1. The van der Waals surface area contributed by atoms with Crippen molar-refractivity contribution in [3.8, 4) is 5.75 Å². The van der Waals surface area contributed by atoms with E-state index in [0.29, 0.717) is 10.6 Å². The molecule has 0 bridgehead atoms. The Morgan fingerprint density at radius 3 is 2.58 bits per heavy atom. The minimum Gasteiger partial charge on any atom is -0.474 e. The zero-order chi connectivity index (χ0) is 17.1. The van der Waals surface area contributed by atoms with E-state index in [1.807, 2.05) is 48.5 Å². The summed E-state index contributed by atoms with van der Waals surface area (Å²) >= 11 is 1.41. The van der Waals surface area contributed by atoms with E-state index in [0.717, 1.165) is 15.6 Å². The van der Waals surface area contributed by atoms with Crippen LogP contribution in [0.5, 0.6) is 5.75 Å². The number of carbonyl (C=O) groups is 1. The maximum Gasteiger partial charge on any atom is 0.351 e. The van der Waals surface area contributed by atoms with Crippen molar-refractivity contribution in [1.82, 2.24) is 0 Å². The molecule has 122 valence electrons. The maximum atomic E-state index is 12.1. The van der Waals surface area contributed by atoms with Crippen molar-refractivity contribution in [3.05, 3.63) is 65.0 Å². The van der Waals surface area contributed by atoms with Gasteiger partial charge in [0.05, 0.1) is 12.0 Å². The third-order valence-electron chi connectivity index (χ3n) is 3.53. The lowest BCUT2D eigenvalue weighted by Crippen LogP contribution is -2.20. The number of rotatable bonds is 5. The number of methoxy groups -OCH3 is 1. The van der Waals surface area contributed by atoms with Crippen LogP contribution in [0.3, 0.4) is 0 Å². The standard InChI is InChI=1S/C18H16N2O3S/c1-22-18(21)16(11-5-3-2-4-6-11)23-13-8-7-12-9-15(17(19)20)24-14(12)10-13/h2-10,16H,1H3,(H3,19,20). The summed E-state index contributed by atoms with van der Waals surface area (Å²) < 4.78 is 11.7. The summed E-state index contributed by atoms with van der Waals surface area (Å²) in [4.78, 5) is 12.8. The highest BCUT2D eigenvalue weighted by molar-refractivity contribution is 7.20. The highest BCUT2D eigenvalue weighted by atomic mass is 32.1. The third-order valence-corrected chi connectivity index (χ3v) is 4.66. The molecule has 3 rings (SSSR count). The number of nitrogens with two attached hydrogens (primary N) is 1. The number of ether oxygens (including phenoxy) is 2.